The molecule has 0 radical (unpaired) electrons. The van der Waals surface area contributed by atoms with Gasteiger partial charge in [0.2, 0.25) is 5.91 Å². The molecule has 72 valence electrons. The molecule has 0 spiro atoms. The second-order valence-corrected chi connectivity index (χ2v) is 2.85. The highest BCUT2D eigenvalue weighted by molar-refractivity contribution is 5.75. The standard InChI is InChI=1S/C9H20N2O/c1-3-6-10-8-5-9(12)11-7-4-2/h10H,3-8H2,1-2H3,(H,11,12). The Morgan fingerprint density at radius 1 is 1.08 bits per heavy atom. The van der Waals surface area contributed by atoms with E-state index in [-0.39, 0.29) is 5.91 Å². The van der Waals surface area contributed by atoms with Crippen LogP contribution in [0.2, 0.25) is 0 Å². The zero-order valence-corrected chi connectivity index (χ0v) is 8.15. The van der Waals surface area contributed by atoms with Crippen molar-refractivity contribution in [1.29, 1.82) is 0 Å². The smallest absolute Gasteiger partial charge is 0.221 e. The highest BCUT2D eigenvalue weighted by Gasteiger charge is 1.97. The maximum Gasteiger partial charge on any atom is 0.221 e. The number of rotatable bonds is 7. The largest absolute Gasteiger partial charge is 0.356 e. The minimum atomic E-state index is 0.153. The Labute approximate surface area is 74.9 Å². The summed E-state index contributed by atoms with van der Waals surface area (Å²) in [5.74, 6) is 0.153. The Hall–Kier alpha value is -0.570. The number of nitrogens with one attached hydrogen (secondary N) is 2. The molecule has 3 heteroatoms. The molecule has 2 N–H and O–H groups in total. The summed E-state index contributed by atoms with van der Waals surface area (Å²) in [6.07, 6.45) is 2.73. The van der Waals surface area contributed by atoms with Crippen molar-refractivity contribution < 1.29 is 4.79 Å². The lowest BCUT2D eigenvalue weighted by Crippen LogP contribution is -2.28. The summed E-state index contributed by atoms with van der Waals surface area (Å²) >= 11 is 0. The minimum Gasteiger partial charge on any atom is -0.356 e. The van der Waals surface area contributed by atoms with E-state index in [9.17, 15) is 4.79 Å². The lowest BCUT2D eigenvalue weighted by Gasteiger charge is -2.03. The van der Waals surface area contributed by atoms with Crippen LogP contribution < -0.4 is 10.6 Å². The van der Waals surface area contributed by atoms with Crippen LogP contribution in [0.1, 0.15) is 33.1 Å². The monoisotopic (exact) mass is 172 g/mol. The van der Waals surface area contributed by atoms with Crippen molar-refractivity contribution in [3.8, 4) is 0 Å². The average molecular weight is 172 g/mol. The van der Waals surface area contributed by atoms with Crippen molar-refractivity contribution in [3.05, 3.63) is 0 Å². The summed E-state index contributed by atoms with van der Waals surface area (Å²) in [7, 11) is 0. The van der Waals surface area contributed by atoms with Crippen LogP contribution in [0, 0.1) is 0 Å². The molecule has 0 aromatic carbocycles. The van der Waals surface area contributed by atoms with E-state index < -0.39 is 0 Å². The van der Waals surface area contributed by atoms with Gasteiger partial charge in [0.1, 0.15) is 0 Å². The number of carbonyl (C=O) groups excluding carboxylic acids is 1. The van der Waals surface area contributed by atoms with E-state index in [2.05, 4.69) is 24.5 Å². The van der Waals surface area contributed by atoms with E-state index in [1.807, 2.05) is 0 Å². The Morgan fingerprint density at radius 2 is 1.75 bits per heavy atom. The molecule has 0 bridgehead atoms. The van der Waals surface area contributed by atoms with Crippen molar-refractivity contribution in [2.24, 2.45) is 0 Å². The van der Waals surface area contributed by atoms with Crippen LogP contribution in [0.4, 0.5) is 0 Å². The fraction of sp³-hybridized carbons (Fsp3) is 0.889. The Kier molecular flexibility index (Phi) is 8.12. The molecule has 0 aliphatic carbocycles. The van der Waals surface area contributed by atoms with Gasteiger partial charge in [-0.1, -0.05) is 13.8 Å². The van der Waals surface area contributed by atoms with E-state index in [1.54, 1.807) is 0 Å². The number of carbonyl (C=O) groups is 1. The van der Waals surface area contributed by atoms with Crippen molar-refractivity contribution in [2.45, 2.75) is 33.1 Å². The third-order valence-electron chi connectivity index (χ3n) is 1.53. The third-order valence-corrected chi connectivity index (χ3v) is 1.53. The number of amides is 1. The van der Waals surface area contributed by atoms with Gasteiger partial charge in [-0.05, 0) is 19.4 Å². The molecule has 0 unspecified atom stereocenters. The highest BCUT2D eigenvalue weighted by Crippen LogP contribution is 1.79. The van der Waals surface area contributed by atoms with Gasteiger partial charge in [0.15, 0.2) is 0 Å². The van der Waals surface area contributed by atoms with Crippen LogP contribution in [0.25, 0.3) is 0 Å². The van der Waals surface area contributed by atoms with Gasteiger partial charge in [-0.3, -0.25) is 4.79 Å². The van der Waals surface area contributed by atoms with E-state index in [4.69, 9.17) is 0 Å². The van der Waals surface area contributed by atoms with E-state index in [0.717, 1.165) is 32.5 Å². The third kappa shape index (κ3) is 7.54. The predicted octanol–water partition coefficient (Wildman–Crippen LogP) is 0.902. The number of hydrogen-bond donors (Lipinski definition) is 2. The molecule has 0 atom stereocenters. The summed E-state index contributed by atoms with van der Waals surface area (Å²) < 4.78 is 0. The molecule has 3 nitrogen and oxygen atoms in total. The summed E-state index contributed by atoms with van der Waals surface area (Å²) in [5, 5.41) is 6.01. The molecule has 0 heterocycles. The van der Waals surface area contributed by atoms with Gasteiger partial charge in [0, 0.05) is 19.5 Å². The molecule has 1 amide bonds. The maximum absolute atomic E-state index is 11.0. The predicted molar refractivity (Wildman–Crippen MR) is 51.1 cm³/mol. The van der Waals surface area contributed by atoms with Gasteiger partial charge in [-0.25, -0.2) is 0 Å². The van der Waals surface area contributed by atoms with Gasteiger partial charge in [0.25, 0.3) is 0 Å². The first-order valence-electron chi connectivity index (χ1n) is 4.78. The molecule has 0 saturated heterocycles. The van der Waals surface area contributed by atoms with Crippen LogP contribution in [-0.4, -0.2) is 25.5 Å². The van der Waals surface area contributed by atoms with Crippen molar-refractivity contribution in [3.63, 3.8) is 0 Å². The first-order valence-corrected chi connectivity index (χ1v) is 4.78. The van der Waals surface area contributed by atoms with Crippen molar-refractivity contribution >= 4 is 5.91 Å². The molecular formula is C9H20N2O. The van der Waals surface area contributed by atoms with Gasteiger partial charge in [-0.2, -0.15) is 0 Å². The van der Waals surface area contributed by atoms with Crippen molar-refractivity contribution in [1.82, 2.24) is 10.6 Å². The zero-order valence-electron chi connectivity index (χ0n) is 8.15. The normalized spacial score (nSPS) is 9.83. The second kappa shape index (κ2) is 8.53. The molecule has 0 aliphatic rings. The lowest BCUT2D eigenvalue weighted by molar-refractivity contribution is -0.120. The molecule has 12 heavy (non-hydrogen) atoms. The molecule has 0 fully saturated rings. The van der Waals surface area contributed by atoms with Gasteiger partial charge >= 0.3 is 0 Å². The van der Waals surface area contributed by atoms with Crippen LogP contribution >= 0.6 is 0 Å². The molecule has 0 saturated carbocycles. The van der Waals surface area contributed by atoms with Crippen LogP contribution in [0.3, 0.4) is 0 Å². The molecule has 0 aliphatic heterocycles. The zero-order chi connectivity index (χ0) is 9.23. The topological polar surface area (TPSA) is 41.1 Å². The lowest BCUT2D eigenvalue weighted by atomic mass is 10.3. The Bertz CT molecular complexity index is 115. The molecular weight excluding hydrogens is 152 g/mol. The van der Waals surface area contributed by atoms with Gasteiger partial charge in [-0.15, -0.1) is 0 Å². The van der Waals surface area contributed by atoms with Crippen LogP contribution in [0.15, 0.2) is 0 Å². The van der Waals surface area contributed by atoms with E-state index in [0.29, 0.717) is 6.42 Å². The average Bonchev–Trinajstić information content (AvgIpc) is 2.09. The second-order valence-electron chi connectivity index (χ2n) is 2.85. The number of hydrogen-bond acceptors (Lipinski definition) is 2. The summed E-state index contributed by atoms with van der Waals surface area (Å²) in [4.78, 5) is 11.0. The minimum absolute atomic E-state index is 0.153. The molecule has 0 rings (SSSR count). The summed E-state index contributed by atoms with van der Waals surface area (Å²) in [5.41, 5.74) is 0. The molecule has 0 aromatic heterocycles. The first kappa shape index (κ1) is 11.4. The maximum atomic E-state index is 11.0. The fourth-order valence-electron chi connectivity index (χ4n) is 0.857. The summed E-state index contributed by atoms with van der Waals surface area (Å²) in [6.45, 7) is 6.76. The highest BCUT2D eigenvalue weighted by atomic mass is 16.1. The fourth-order valence-corrected chi connectivity index (χ4v) is 0.857. The molecule has 0 aromatic rings. The Balaban J connectivity index is 3.08. The van der Waals surface area contributed by atoms with Crippen LogP contribution in [0.5, 0.6) is 0 Å². The van der Waals surface area contributed by atoms with E-state index in [1.165, 1.54) is 0 Å². The quantitative estimate of drug-likeness (QED) is 0.560. The Morgan fingerprint density at radius 3 is 2.33 bits per heavy atom. The van der Waals surface area contributed by atoms with Crippen LogP contribution in [-0.2, 0) is 4.79 Å². The van der Waals surface area contributed by atoms with E-state index >= 15 is 0 Å². The SMILES string of the molecule is CCCNCCC(=O)NCCC. The van der Waals surface area contributed by atoms with Gasteiger partial charge < -0.3 is 10.6 Å². The van der Waals surface area contributed by atoms with Crippen molar-refractivity contribution in [2.75, 3.05) is 19.6 Å². The van der Waals surface area contributed by atoms with Gasteiger partial charge in [0.05, 0.1) is 0 Å². The first-order chi connectivity index (χ1) is 5.81. The summed E-state index contributed by atoms with van der Waals surface area (Å²) in [6, 6.07) is 0.